The molecule has 134 valence electrons. The number of piperidine rings is 1. The summed E-state index contributed by atoms with van der Waals surface area (Å²) < 4.78 is 5.31. The normalized spacial score (nSPS) is 26.1. The highest BCUT2D eigenvalue weighted by Gasteiger charge is 2.33. The first kappa shape index (κ1) is 17.7. The van der Waals surface area contributed by atoms with Crippen LogP contribution >= 0.6 is 0 Å². The lowest BCUT2D eigenvalue weighted by Crippen LogP contribution is -2.49. The van der Waals surface area contributed by atoms with E-state index in [1.54, 1.807) is 0 Å². The van der Waals surface area contributed by atoms with Crippen LogP contribution in [-0.4, -0.2) is 49.6 Å². The van der Waals surface area contributed by atoms with Gasteiger partial charge in [-0.15, -0.1) is 0 Å². The third kappa shape index (κ3) is 4.29. The Bertz CT molecular complexity index is 522. The van der Waals surface area contributed by atoms with Crippen molar-refractivity contribution < 1.29 is 9.84 Å². The molecule has 0 saturated carbocycles. The number of ether oxygens (including phenoxy) is 1. The van der Waals surface area contributed by atoms with E-state index in [0.29, 0.717) is 25.8 Å². The Morgan fingerprint density at radius 2 is 1.88 bits per heavy atom. The van der Waals surface area contributed by atoms with Crippen LogP contribution in [0.2, 0.25) is 0 Å². The van der Waals surface area contributed by atoms with Gasteiger partial charge in [-0.2, -0.15) is 0 Å². The number of nitrogens with zero attached hydrogens (tertiary/aromatic N) is 1. The molecule has 4 nitrogen and oxygen atoms in total. The van der Waals surface area contributed by atoms with E-state index in [1.165, 1.54) is 11.3 Å². The molecule has 1 atom stereocenters. The van der Waals surface area contributed by atoms with Crippen LogP contribution in [0.3, 0.4) is 0 Å². The molecule has 1 aromatic carbocycles. The van der Waals surface area contributed by atoms with Gasteiger partial charge in [-0.05, 0) is 36.0 Å². The van der Waals surface area contributed by atoms with Crippen LogP contribution in [0.5, 0.6) is 0 Å². The summed E-state index contributed by atoms with van der Waals surface area (Å²) in [7, 11) is 0. The van der Waals surface area contributed by atoms with Gasteiger partial charge in [0, 0.05) is 44.4 Å². The monoisotopic (exact) mass is 332 g/mol. The maximum absolute atomic E-state index is 10.3. The molecule has 2 heterocycles. The van der Waals surface area contributed by atoms with Gasteiger partial charge < -0.3 is 20.1 Å². The van der Waals surface area contributed by atoms with E-state index in [4.69, 9.17) is 4.74 Å². The largest absolute Gasteiger partial charge is 0.386 e. The molecule has 0 amide bonds. The van der Waals surface area contributed by atoms with Gasteiger partial charge in [0.1, 0.15) is 5.60 Å². The lowest BCUT2D eigenvalue weighted by atomic mass is 9.87. The first-order chi connectivity index (χ1) is 11.4. The van der Waals surface area contributed by atoms with Crippen LogP contribution in [0, 0.1) is 0 Å². The van der Waals surface area contributed by atoms with Crippen LogP contribution in [-0.2, 0) is 10.2 Å². The minimum Gasteiger partial charge on any atom is -0.386 e. The molecule has 2 N–H and O–H groups in total. The van der Waals surface area contributed by atoms with Crippen LogP contribution in [0.15, 0.2) is 24.3 Å². The lowest BCUT2D eigenvalue weighted by Gasteiger charge is -2.35. The fourth-order valence-corrected chi connectivity index (χ4v) is 3.58. The second-order valence-electron chi connectivity index (χ2n) is 8.47. The number of hydrogen-bond acceptors (Lipinski definition) is 4. The van der Waals surface area contributed by atoms with Gasteiger partial charge in [0.25, 0.3) is 0 Å². The van der Waals surface area contributed by atoms with Crippen molar-refractivity contribution in [3.8, 4) is 0 Å². The Morgan fingerprint density at radius 3 is 2.42 bits per heavy atom. The first-order valence-corrected chi connectivity index (χ1v) is 9.25. The number of hydrogen-bond donors (Lipinski definition) is 2. The maximum atomic E-state index is 10.3. The molecule has 3 rings (SSSR count). The average molecular weight is 332 g/mol. The quantitative estimate of drug-likeness (QED) is 0.890. The Morgan fingerprint density at radius 1 is 1.21 bits per heavy atom. The van der Waals surface area contributed by atoms with Gasteiger partial charge in [-0.1, -0.05) is 32.9 Å². The molecule has 0 aromatic heterocycles. The van der Waals surface area contributed by atoms with Crippen molar-refractivity contribution in [1.29, 1.82) is 0 Å². The highest BCUT2D eigenvalue weighted by atomic mass is 16.5. The highest BCUT2D eigenvalue weighted by Crippen LogP contribution is 2.26. The third-order valence-corrected chi connectivity index (χ3v) is 5.40. The van der Waals surface area contributed by atoms with Crippen LogP contribution in [0.25, 0.3) is 0 Å². The molecule has 2 saturated heterocycles. The second-order valence-corrected chi connectivity index (χ2v) is 8.47. The molecule has 0 radical (unpaired) electrons. The molecule has 0 bridgehead atoms. The van der Waals surface area contributed by atoms with E-state index >= 15 is 0 Å². The summed E-state index contributed by atoms with van der Waals surface area (Å²) >= 11 is 0. The number of aliphatic hydroxyl groups is 1. The van der Waals surface area contributed by atoms with Crippen molar-refractivity contribution in [3.63, 3.8) is 0 Å². The summed E-state index contributed by atoms with van der Waals surface area (Å²) in [5, 5.41) is 13.9. The fourth-order valence-electron chi connectivity index (χ4n) is 3.58. The molecule has 24 heavy (non-hydrogen) atoms. The van der Waals surface area contributed by atoms with E-state index < -0.39 is 5.60 Å². The molecule has 0 spiro atoms. The predicted molar refractivity (Wildman–Crippen MR) is 98.8 cm³/mol. The van der Waals surface area contributed by atoms with Crippen LogP contribution < -0.4 is 10.2 Å². The van der Waals surface area contributed by atoms with Crippen LogP contribution in [0.1, 0.15) is 45.6 Å². The molecule has 0 aliphatic carbocycles. The molecular formula is C20H32N2O2. The third-order valence-electron chi connectivity index (χ3n) is 5.40. The zero-order valence-electron chi connectivity index (χ0n) is 15.3. The first-order valence-electron chi connectivity index (χ1n) is 9.25. The molecular weight excluding hydrogens is 300 g/mol. The van der Waals surface area contributed by atoms with Crippen molar-refractivity contribution in [2.45, 2.75) is 57.1 Å². The molecule has 2 fully saturated rings. The summed E-state index contributed by atoms with van der Waals surface area (Å²) in [6, 6.07) is 9.53. The van der Waals surface area contributed by atoms with Crippen molar-refractivity contribution in [3.05, 3.63) is 29.8 Å². The summed E-state index contributed by atoms with van der Waals surface area (Å²) in [6.45, 7) is 10.7. The minimum atomic E-state index is -0.653. The highest BCUT2D eigenvalue weighted by molar-refractivity contribution is 5.49. The van der Waals surface area contributed by atoms with Gasteiger partial charge in [0.15, 0.2) is 0 Å². The zero-order valence-corrected chi connectivity index (χ0v) is 15.3. The second kappa shape index (κ2) is 7.03. The summed E-state index contributed by atoms with van der Waals surface area (Å²) in [4.78, 5) is 2.47. The predicted octanol–water partition coefficient (Wildman–Crippen LogP) is 2.69. The average Bonchev–Trinajstić information content (AvgIpc) is 3.00. The van der Waals surface area contributed by atoms with Crippen molar-refractivity contribution in [1.82, 2.24) is 5.32 Å². The summed E-state index contributed by atoms with van der Waals surface area (Å²) in [6.07, 6.45) is 2.99. The molecule has 1 aromatic rings. The Balaban J connectivity index is 1.48. The summed E-state index contributed by atoms with van der Waals surface area (Å²) in [5.41, 5.74) is 2.26. The number of nitrogens with one attached hydrogen (secondary N) is 1. The molecule has 4 heteroatoms. The minimum absolute atomic E-state index is 0.208. The van der Waals surface area contributed by atoms with Gasteiger partial charge in [-0.25, -0.2) is 0 Å². The van der Waals surface area contributed by atoms with Crippen molar-refractivity contribution in [2.24, 2.45) is 0 Å². The number of rotatable bonds is 4. The van der Waals surface area contributed by atoms with Crippen LogP contribution in [0.4, 0.5) is 5.69 Å². The van der Waals surface area contributed by atoms with Gasteiger partial charge >= 0.3 is 0 Å². The van der Waals surface area contributed by atoms with E-state index in [-0.39, 0.29) is 5.41 Å². The van der Waals surface area contributed by atoms with Crippen molar-refractivity contribution in [2.75, 3.05) is 37.7 Å². The molecule has 2 aliphatic heterocycles. The molecule has 1 unspecified atom stereocenters. The van der Waals surface area contributed by atoms with Gasteiger partial charge in [-0.3, -0.25) is 0 Å². The van der Waals surface area contributed by atoms with E-state index in [9.17, 15) is 5.11 Å². The SMILES string of the molecule is CC(C)(C)c1ccc(N2CCC(NCC3(O)CCOC3)CC2)cc1. The Hall–Kier alpha value is -1.10. The summed E-state index contributed by atoms with van der Waals surface area (Å²) in [5.74, 6) is 0. The van der Waals surface area contributed by atoms with E-state index in [2.05, 4.69) is 55.3 Å². The topological polar surface area (TPSA) is 44.7 Å². The van der Waals surface area contributed by atoms with E-state index in [1.807, 2.05) is 0 Å². The number of benzene rings is 1. The Kier molecular flexibility index (Phi) is 5.19. The lowest BCUT2D eigenvalue weighted by molar-refractivity contribution is 0.0241. The maximum Gasteiger partial charge on any atom is 0.102 e. The Labute approximate surface area is 146 Å². The molecule has 2 aliphatic rings. The van der Waals surface area contributed by atoms with Gasteiger partial charge in [0.2, 0.25) is 0 Å². The van der Waals surface area contributed by atoms with Crippen molar-refractivity contribution >= 4 is 5.69 Å². The zero-order chi connectivity index (χ0) is 17.2. The van der Waals surface area contributed by atoms with E-state index in [0.717, 1.165) is 32.4 Å². The number of anilines is 1. The van der Waals surface area contributed by atoms with Gasteiger partial charge in [0.05, 0.1) is 6.61 Å². The standard InChI is InChI=1S/C20H32N2O2/c1-19(2,3)16-4-6-18(7-5-16)22-11-8-17(9-12-22)21-14-20(23)10-13-24-15-20/h4-7,17,21,23H,8-15H2,1-3H3. The smallest absolute Gasteiger partial charge is 0.102 e. The fraction of sp³-hybridized carbons (Fsp3) is 0.700.